The molecule has 0 aliphatic carbocycles. The van der Waals surface area contributed by atoms with Crippen LogP contribution in [0.2, 0.25) is 5.15 Å². The van der Waals surface area contributed by atoms with Crippen LogP contribution in [0.3, 0.4) is 0 Å². The molecule has 0 aliphatic heterocycles. The molecular formula is C29H27ClN4O4S. The van der Waals surface area contributed by atoms with Gasteiger partial charge in [-0.25, -0.2) is 12.4 Å². The molecule has 5 aromatic rings. The minimum absolute atomic E-state index is 0.0236. The summed E-state index contributed by atoms with van der Waals surface area (Å²) in [4.78, 5) is 25.1. The molecule has 200 valence electrons. The highest BCUT2D eigenvalue weighted by atomic mass is 35.5. The summed E-state index contributed by atoms with van der Waals surface area (Å²) in [6.45, 7) is 5.25. The van der Waals surface area contributed by atoms with Crippen LogP contribution in [0.1, 0.15) is 37.5 Å². The van der Waals surface area contributed by atoms with E-state index in [0.717, 1.165) is 32.6 Å². The molecule has 0 unspecified atom stereocenters. The van der Waals surface area contributed by atoms with Gasteiger partial charge < -0.3 is 4.98 Å². The molecule has 1 N–H and O–H groups in total. The minimum atomic E-state index is -4.03. The van der Waals surface area contributed by atoms with Gasteiger partial charge in [-0.15, -0.1) is 0 Å². The first-order chi connectivity index (χ1) is 18.6. The molecule has 0 radical (unpaired) electrons. The molecule has 0 spiro atoms. The third kappa shape index (κ3) is 5.23. The SMILES string of the molecule is Cc1c(C=O)c[nH]c1-c1ccccc1.Cc1nn(C)c(Cl)c1S(=O)(=O)n1cc(C=O)c(C)c1-c1ccccc1. The number of aromatic amines is 1. The zero-order valence-corrected chi connectivity index (χ0v) is 23.4. The fourth-order valence-corrected chi connectivity index (χ4v) is 6.54. The molecule has 10 heteroatoms. The van der Waals surface area contributed by atoms with Crippen molar-refractivity contribution in [3.8, 4) is 22.5 Å². The maximum absolute atomic E-state index is 13.3. The fraction of sp³-hybridized carbons (Fsp3) is 0.138. The zero-order valence-electron chi connectivity index (χ0n) is 21.8. The van der Waals surface area contributed by atoms with Crippen LogP contribution in [0.25, 0.3) is 22.5 Å². The molecule has 0 saturated carbocycles. The topological polar surface area (TPSA) is 107 Å². The second-order valence-corrected chi connectivity index (χ2v) is 11.0. The first-order valence-corrected chi connectivity index (χ1v) is 13.8. The molecule has 0 amide bonds. The number of carbonyl (C=O) groups is 2. The van der Waals surface area contributed by atoms with Crippen molar-refractivity contribution in [1.82, 2.24) is 18.7 Å². The average Bonchev–Trinajstić information content (AvgIpc) is 3.57. The number of benzene rings is 2. The van der Waals surface area contributed by atoms with Gasteiger partial charge in [0, 0.05) is 36.3 Å². The van der Waals surface area contributed by atoms with Crippen molar-refractivity contribution in [3.05, 3.63) is 106 Å². The van der Waals surface area contributed by atoms with Gasteiger partial charge in [-0.05, 0) is 43.0 Å². The molecule has 0 fully saturated rings. The summed E-state index contributed by atoms with van der Waals surface area (Å²) in [5.41, 5.74) is 6.17. The van der Waals surface area contributed by atoms with Gasteiger partial charge in [0.1, 0.15) is 10.0 Å². The van der Waals surface area contributed by atoms with Crippen molar-refractivity contribution in [2.45, 2.75) is 25.7 Å². The Morgan fingerprint density at radius 1 is 0.846 bits per heavy atom. The second-order valence-electron chi connectivity index (χ2n) is 8.90. The Bertz CT molecular complexity index is 1750. The monoisotopic (exact) mass is 562 g/mol. The second kappa shape index (κ2) is 11.3. The predicted molar refractivity (Wildman–Crippen MR) is 152 cm³/mol. The molecule has 0 bridgehead atoms. The number of aryl methyl sites for hydroxylation is 2. The van der Waals surface area contributed by atoms with E-state index in [1.807, 2.05) is 55.5 Å². The number of rotatable bonds is 6. The number of aromatic nitrogens is 4. The first-order valence-electron chi connectivity index (χ1n) is 12.0. The quantitative estimate of drug-likeness (QED) is 0.255. The molecule has 0 atom stereocenters. The van der Waals surface area contributed by atoms with Crippen LogP contribution >= 0.6 is 11.6 Å². The van der Waals surface area contributed by atoms with Crippen LogP contribution in [-0.2, 0) is 17.1 Å². The zero-order chi connectivity index (χ0) is 28.3. The lowest BCUT2D eigenvalue weighted by atomic mass is 10.1. The number of carbonyl (C=O) groups excluding carboxylic acids is 2. The Balaban J connectivity index is 0.000000212. The van der Waals surface area contributed by atoms with Gasteiger partial charge in [-0.2, -0.15) is 5.10 Å². The van der Waals surface area contributed by atoms with E-state index < -0.39 is 10.0 Å². The van der Waals surface area contributed by atoms with Crippen molar-refractivity contribution >= 4 is 34.2 Å². The summed E-state index contributed by atoms with van der Waals surface area (Å²) in [5, 5.41) is 4.10. The normalized spacial score (nSPS) is 11.1. The highest BCUT2D eigenvalue weighted by molar-refractivity contribution is 7.90. The van der Waals surface area contributed by atoms with Crippen molar-refractivity contribution in [3.63, 3.8) is 0 Å². The lowest BCUT2D eigenvalue weighted by Gasteiger charge is -2.11. The van der Waals surface area contributed by atoms with Crippen LogP contribution < -0.4 is 0 Å². The van der Waals surface area contributed by atoms with E-state index in [1.165, 1.54) is 10.9 Å². The number of hydrogen-bond acceptors (Lipinski definition) is 5. The van der Waals surface area contributed by atoms with Crippen molar-refractivity contribution in [2.24, 2.45) is 7.05 Å². The van der Waals surface area contributed by atoms with Crippen LogP contribution in [-0.4, -0.2) is 39.7 Å². The molecular weight excluding hydrogens is 536 g/mol. The lowest BCUT2D eigenvalue weighted by molar-refractivity contribution is 0.111. The van der Waals surface area contributed by atoms with Gasteiger partial charge in [0.15, 0.2) is 12.6 Å². The molecule has 5 rings (SSSR count). The van der Waals surface area contributed by atoms with Gasteiger partial charge in [0.05, 0.1) is 11.4 Å². The van der Waals surface area contributed by atoms with E-state index in [9.17, 15) is 18.0 Å². The van der Waals surface area contributed by atoms with E-state index in [1.54, 1.807) is 39.2 Å². The number of nitrogens with one attached hydrogen (secondary N) is 1. The van der Waals surface area contributed by atoms with Crippen LogP contribution in [0.4, 0.5) is 0 Å². The maximum atomic E-state index is 13.3. The van der Waals surface area contributed by atoms with E-state index in [4.69, 9.17) is 11.6 Å². The number of hydrogen-bond donors (Lipinski definition) is 1. The average molecular weight is 563 g/mol. The van der Waals surface area contributed by atoms with Crippen molar-refractivity contribution in [1.29, 1.82) is 0 Å². The summed E-state index contributed by atoms with van der Waals surface area (Å²) in [7, 11) is -2.45. The Morgan fingerprint density at radius 2 is 1.41 bits per heavy atom. The Labute approximate surface area is 231 Å². The highest BCUT2D eigenvalue weighted by Gasteiger charge is 2.30. The van der Waals surface area contributed by atoms with Crippen LogP contribution in [0, 0.1) is 20.8 Å². The Kier molecular flexibility index (Phi) is 8.03. The number of aldehydes is 2. The van der Waals surface area contributed by atoms with Crippen molar-refractivity contribution in [2.75, 3.05) is 0 Å². The van der Waals surface area contributed by atoms with E-state index in [-0.39, 0.29) is 10.0 Å². The molecule has 3 heterocycles. The third-order valence-corrected chi connectivity index (χ3v) is 8.78. The standard InChI is InChI=1S/C17H16ClN3O3S.C12H11NO/c1-11-14(10-22)9-21(15(11)13-7-5-4-6-8-13)25(23,24)16-12(2)19-20(3)17(16)18;1-9-11(8-14)7-13-12(9)10-5-3-2-4-6-10/h4-10H,1-3H3;2-8,13H,1H3. The molecule has 0 saturated heterocycles. The van der Waals surface area contributed by atoms with Gasteiger partial charge in [0.2, 0.25) is 0 Å². The van der Waals surface area contributed by atoms with Crippen molar-refractivity contribution < 1.29 is 18.0 Å². The Morgan fingerprint density at radius 3 is 1.90 bits per heavy atom. The summed E-state index contributed by atoms with van der Waals surface area (Å²) in [6.07, 6.45) is 4.58. The predicted octanol–water partition coefficient (Wildman–Crippen LogP) is 6.01. The number of halogens is 1. The number of nitrogens with zero attached hydrogens (tertiary/aromatic N) is 3. The summed E-state index contributed by atoms with van der Waals surface area (Å²) in [6, 6.07) is 19.0. The molecule has 8 nitrogen and oxygen atoms in total. The van der Waals surface area contributed by atoms with Gasteiger partial charge in [0.25, 0.3) is 10.0 Å². The molecule has 39 heavy (non-hydrogen) atoms. The van der Waals surface area contributed by atoms with Crippen LogP contribution in [0.15, 0.2) is 78.0 Å². The molecule has 3 aromatic heterocycles. The van der Waals surface area contributed by atoms with E-state index >= 15 is 0 Å². The van der Waals surface area contributed by atoms with Gasteiger partial charge >= 0.3 is 0 Å². The van der Waals surface area contributed by atoms with E-state index in [0.29, 0.717) is 34.4 Å². The first kappa shape index (κ1) is 27.8. The van der Waals surface area contributed by atoms with Gasteiger partial charge in [-0.1, -0.05) is 72.3 Å². The minimum Gasteiger partial charge on any atom is -0.360 e. The van der Waals surface area contributed by atoms with Crippen LogP contribution in [0.5, 0.6) is 0 Å². The fourth-order valence-electron chi connectivity index (χ4n) is 4.38. The Hall–Kier alpha value is -4.21. The summed E-state index contributed by atoms with van der Waals surface area (Å²) >= 11 is 6.17. The summed E-state index contributed by atoms with van der Waals surface area (Å²) < 4.78 is 29.0. The van der Waals surface area contributed by atoms with Gasteiger partial charge in [-0.3, -0.25) is 14.3 Å². The van der Waals surface area contributed by atoms with E-state index in [2.05, 4.69) is 10.1 Å². The highest BCUT2D eigenvalue weighted by Crippen LogP contribution is 2.34. The molecule has 0 aliphatic rings. The largest absolute Gasteiger partial charge is 0.360 e. The number of H-pyrrole nitrogens is 1. The smallest absolute Gasteiger partial charge is 0.273 e. The summed E-state index contributed by atoms with van der Waals surface area (Å²) in [5.74, 6) is 0. The lowest BCUT2D eigenvalue weighted by Crippen LogP contribution is -2.14. The maximum Gasteiger partial charge on any atom is 0.273 e. The third-order valence-electron chi connectivity index (χ3n) is 6.43. The molecule has 2 aromatic carbocycles.